The van der Waals surface area contributed by atoms with E-state index in [9.17, 15) is 18.8 Å². The lowest BCUT2D eigenvalue weighted by atomic mass is 9.68. The molecule has 1 aromatic heterocycles. The average molecular weight is 561 g/mol. The minimum Gasteiger partial charge on any atom is -0.465 e. The fourth-order valence-corrected chi connectivity index (χ4v) is 6.47. The number of ether oxygens (including phenoxy) is 2. The molecule has 0 saturated heterocycles. The van der Waals surface area contributed by atoms with Gasteiger partial charge in [-0.1, -0.05) is 36.4 Å². The lowest BCUT2D eigenvalue weighted by Crippen LogP contribution is -2.46. The number of Topliss-reactive ketones (excluding diaryl/α,β-unsaturated/α-hetero) is 1. The van der Waals surface area contributed by atoms with Crippen molar-refractivity contribution in [3.05, 3.63) is 111 Å². The highest BCUT2D eigenvalue weighted by Gasteiger charge is 2.51. The number of carbonyl (C=O) groups is 3. The van der Waals surface area contributed by atoms with Crippen LogP contribution < -0.4 is 10.6 Å². The van der Waals surface area contributed by atoms with Crippen LogP contribution in [0.3, 0.4) is 0 Å². The van der Waals surface area contributed by atoms with Crippen LogP contribution in [0.4, 0.5) is 10.1 Å². The summed E-state index contributed by atoms with van der Waals surface area (Å²) in [6.07, 6.45) is 0.266. The van der Waals surface area contributed by atoms with Crippen LogP contribution in [-0.2, 0) is 23.9 Å². The van der Waals surface area contributed by atoms with Crippen molar-refractivity contribution >= 4 is 34.7 Å². The Labute approximate surface area is 235 Å². The van der Waals surface area contributed by atoms with Crippen molar-refractivity contribution in [3.8, 4) is 0 Å². The van der Waals surface area contributed by atoms with E-state index in [1.165, 1.54) is 29.5 Å². The van der Waals surface area contributed by atoms with Crippen molar-refractivity contribution in [1.29, 1.82) is 0 Å². The normalized spacial score (nSPS) is 20.8. The number of allylic oxidation sites excluding steroid dienone is 2. The molecule has 2 N–H and O–H groups in total. The predicted octanol–water partition coefficient (Wildman–Crippen LogP) is 5.41. The molecular weight excluding hydrogens is 531 g/mol. The molecule has 5 rings (SSSR count). The van der Waals surface area contributed by atoms with E-state index in [0.29, 0.717) is 16.9 Å². The van der Waals surface area contributed by atoms with E-state index in [4.69, 9.17) is 15.2 Å². The van der Waals surface area contributed by atoms with Gasteiger partial charge in [0.2, 0.25) is 0 Å². The predicted molar refractivity (Wildman–Crippen MR) is 150 cm³/mol. The molecule has 1 aliphatic carbocycles. The minimum absolute atomic E-state index is 0.0144. The number of rotatable bonds is 7. The van der Waals surface area contributed by atoms with Crippen molar-refractivity contribution in [2.75, 3.05) is 18.1 Å². The molecule has 0 amide bonds. The van der Waals surface area contributed by atoms with E-state index in [-0.39, 0.29) is 36.6 Å². The van der Waals surface area contributed by atoms with Crippen molar-refractivity contribution in [3.63, 3.8) is 0 Å². The number of ketones is 1. The van der Waals surface area contributed by atoms with Gasteiger partial charge in [-0.25, -0.2) is 9.18 Å². The van der Waals surface area contributed by atoms with Crippen molar-refractivity contribution in [1.82, 2.24) is 0 Å². The van der Waals surface area contributed by atoms with Gasteiger partial charge >= 0.3 is 11.9 Å². The molecular formula is C31H29FN2O5S. The Bertz CT molecular complexity index is 1500. The Morgan fingerprint density at radius 2 is 1.77 bits per heavy atom. The summed E-state index contributed by atoms with van der Waals surface area (Å²) in [5, 5.41) is 1.89. The van der Waals surface area contributed by atoms with E-state index in [2.05, 4.69) is 0 Å². The number of nitrogens with two attached hydrogens (primary N) is 1. The Hall–Kier alpha value is -4.24. The van der Waals surface area contributed by atoms with Crippen molar-refractivity contribution in [2.45, 2.75) is 32.1 Å². The summed E-state index contributed by atoms with van der Waals surface area (Å²) < 4.78 is 25.4. The number of nitrogens with zero attached hydrogens (tertiary/aromatic N) is 1. The topological polar surface area (TPSA) is 98.9 Å². The number of hydrogen-bond donors (Lipinski definition) is 1. The molecule has 2 aliphatic rings. The minimum atomic E-state index is -1.14. The van der Waals surface area contributed by atoms with E-state index in [1.807, 2.05) is 47.8 Å². The molecule has 0 spiro atoms. The third kappa shape index (κ3) is 4.81. The van der Waals surface area contributed by atoms with Gasteiger partial charge < -0.3 is 15.2 Å². The second kappa shape index (κ2) is 11.5. The van der Waals surface area contributed by atoms with Gasteiger partial charge in [-0.15, -0.1) is 11.3 Å². The van der Waals surface area contributed by atoms with Crippen LogP contribution in [-0.4, -0.2) is 30.9 Å². The fraction of sp³-hybridized carbons (Fsp3) is 0.258. The summed E-state index contributed by atoms with van der Waals surface area (Å²) in [5.41, 5.74) is 8.56. The Morgan fingerprint density at radius 3 is 2.42 bits per heavy atom. The second-order valence-corrected chi connectivity index (χ2v) is 10.4. The van der Waals surface area contributed by atoms with E-state index >= 15 is 0 Å². The largest absolute Gasteiger partial charge is 0.465 e. The Kier molecular flexibility index (Phi) is 7.84. The average Bonchev–Trinajstić information content (AvgIpc) is 3.48. The lowest BCUT2D eigenvalue weighted by molar-refractivity contribution is -0.152. The summed E-state index contributed by atoms with van der Waals surface area (Å²) in [5.74, 6) is -4.99. The summed E-state index contributed by atoms with van der Waals surface area (Å²) in [4.78, 5) is 44.0. The zero-order valence-electron chi connectivity index (χ0n) is 22.1. The van der Waals surface area contributed by atoms with Crippen molar-refractivity contribution < 1.29 is 28.2 Å². The van der Waals surface area contributed by atoms with E-state index < -0.39 is 41.3 Å². The number of halogens is 1. The van der Waals surface area contributed by atoms with E-state index in [1.54, 1.807) is 24.8 Å². The first-order chi connectivity index (χ1) is 19.4. The molecule has 0 saturated carbocycles. The van der Waals surface area contributed by atoms with Crippen LogP contribution in [0.15, 0.2) is 94.8 Å². The van der Waals surface area contributed by atoms with Crippen molar-refractivity contribution in [2.24, 2.45) is 11.7 Å². The third-order valence-corrected chi connectivity index (χ3v) is 8.18. The zero-order chi connectivity index (χ0) is 28.4. The van der Waals surface area contributed by atoms with Gasteiger partial charge in [0.1, 0.15) is 17.6 Å². The lowest BCUT2D eigenvalue weighted by Gasteiger charge is -2.43. The van der Waals surface area contributed by atoms with Crippen LogP contribution in [0.5, 0.6) is 0 Å². The molecule has 0 fully saturated rings. The van der Waals surface area contributed by atoms with Gasteiger partial charge in [0, 0.05) is 27.8 Å². The smallest absolute Gasteiger partial charge is 0.338 e. The van der Waals surface area contributed by atoms with Gasteiger partial charge in [-0.2, -0.15) is 0 Å². The monoisotopic (exact) mass is 560 g/mol. The molecule has 7 nitrogen and oxygen atoms in total. The quantitative estimate of drug-likeness (QED) is 0.305. The van der Waals surface area contributed by atoms with Crippen LogP contribution >= 0.6 is 11.3 Å². The number of esters is 2. The first-order valence-corrected chi connectivity index (χ1v) is 14.0. The molecule has 0 bridgehead atoms. The van der Waals surface area contributed by atoms with Gasteiger partial charge in [0.05, 0.1) is 24.7 Å². The molecule has 0 unspecified atom stereocenters. The molecule has 1 aliphatic heterocycles. The number of hydrogen-bond acceptors (Lipinski definition) is 8. The molecule has 3 atom stereocenters. The maximum absolute atomic E-state index is 14.6. The summed E-state index contributed by atoms with van der Waals surface area (Å²) in [7, 11) is 0. The van der Waals surface area contributed by atoms with E-state index in [0.717, 1.165) is 4.88 Å². The standard InChI is InChI=1S/C31H29FN2O5S/c1-3-38-30(36)25-21(23-14-9-15-40-23)17-22-26(28(25)35)24(18-10-8-11-19(32)16-18)27(31(37)39-4-2)29(33)34(22)20-12-6-5-7-13-20/h5-16,21,24-25H,3-4,17,33H2,1-2H3/t21-,24+,25+/m1/s1. The molecule has 0 radical (unpaired) electrons. The number of carbonyl (C=O) groups excluding carboxylic acids is 3. The summed E-state index contributed by atoms with van der Waals surface area (Å²) in [6, 6.07) is 18.6. The second-order valence-electron chi connectivity index (χ2n) is 9.46. The Balaban J connectivity index is 1.81. The zero-order valence-corrected chi connectivity index (χ0v) is 23.0. The third-order valence-electron chi connectivity index (χ3n) is 7.18. The highest BCUT2D eigenvalue weighted by molar-refractivity contribution is 7.10. The van der Waals surface area contributed by atoms with Crippen LogP contribution in [0.1, 0.15) is 42.5 Å². The first-order valence-electron chi connectivity index (χ1n) is 13.1. The maximum Gasteiger partial charge on any atom is 0.338 e. The molecule has 40 heavy (non-hydrogen) atoms. The highest BCUT2D eigenvalue weighted by Crippen LogP contribution is 2.52. The fourth-order valence-electron chi connectivity index (χ4n) is 5.60. The van der Waals surface area contributed by atoms with Crippen LogP contribution in [0.25, 0.3) is 0 Å². The van der Waals surface area contributed by atoms with Crippen LogP contribution in [0.2, 0.25) is 0 Å². The molecule has 2 heterocycles. The molecule has 3 aromatic rings. The van der Waals surface area contributed by atoms with Gasteiger partial charge in [0.15, 0.2) is 5.78 Å². The molecule has 2 aromatic carbocycles. The SMILES string of the molecule is CCOC(=O)C1=C(N)N(c2ccccc2)C2=C(C(=O)[C@@H](C(=O)OCC)[C@@H](c3cccs3)C2)[C@@H]1c1cccc(F)c1. The van der Waals surface area contributed by atoms with Gasteiger partial charge in [-0.3, -0.25) is 14.5 Å². The molecule has 9 heteroatoms. The number of benzene rings is 2. The number of thiophene rings is 1. The number of para-hydroxylation sites is 1. The first kappa shape index (κ1) is 27.3. The maximum atomic E-state index is 14.6. The summed E-state index contributed by atoms with van der Waals surface area (Å²) in [6.45, 7) is 3.53. The summed E-state index contributed by atoms with van der Waals surface area (Å²) >= 11 is 1.45. The molecule has 206 valence electrons. The Morgan fingerprint density at radius 1 is 1.02 bits per heavy atom. The number of anilines is 1. The van der Waals surface area contributed by atoms with Gasteiger partial charge in [0.25, 0.3) is 0 Å². The van der Waals surface area contributed by atoms with Crippen LogP contribution in [0, 0.1) is 11.7 Å². The highest BCUT2D eigenvalue weighted by atomic mass is 32.1. The van der Waals surface area contributed by atoms with Gasteiger partial charge in [-0.05, 0) is 61.5 Å².